The number of para-hydroxylation sites is 4. The Morgan fingerprint density at radius 3 is 1.42 bits per heavy atom. The van der Waals surface area contributed by atoms with Crippen LogP contribution in [0.2, 0.25) is 0 Å². The van der Waals surface area contributed by atoms with Crippen LogP contribution in [0.4, 0.5) is 0 Å². The van der Waals surface area contributed by atoms with Crippen LogP contribution in [0, 0.1) is 0 Å². The fourth-order valence-electron chi connectivity index (χ4n) is 10.2. The molecule has 0 N–H and O–H groups in total. The van der Waals surface area contributed by atoms with Gasteiger partial charge in [-0.3, -0.25) is 0 Å². The second-order valence-electron chi connectivity index (χ2n) is 17.0. The highest BCUT2D eigenvalue weighted by Gasteiger charge is 2.43. The molecule has 0 saturated heterocycles. The molecule has 0 saturated carbocycles. The number of rotatable bonds is 14. The van der Waals surface area contributed by atoms with Gasteiger partial charge in [-0.2, -0.15) is 0 Å². The normalized spacial score (nSPS) is 14.1. The highest BCUT2D eigenvalue weighted by molar-refractivity contribution is 5.82. The summed E-state index contributed by atoms with van der Waals surface area (Å²) in [5, 5.41) is 10.6. The van der Waals surface area contributed by atoms with E-state index in [1.54, 1.807) is 14.2 Å². The standard InChI is InChI=1S/C51H60N6O2/c1-5-7-9-11-17-27-51(28-18-12-10-8-6-2)43-29-37-23-25-41(43)42-26-24-38(30-44(42)51)34-55-46-20-14-16-22-48(46)57(53-55)36-40-31-49(58-3)39(32-50(40)59-4)35-56-47-21-15-13-19-45(47)54(33-37)52-56/h13-16,19-26,29-32H,5-12,17-18,27-28,33-36H2,1-4H3/q+2. The van der Waals surface area contributed by atoms with Gasteiger partial charge in [0.2, 0.25) is 0 Å². The van der Waals surface area contributed by atoms with E-state index in [9.17, 15) is 0 Å². The monoisotopic (exact) mass is 788 g/mol. The van der Waals surface area contributed by atoms with Crippen LogP contribution in [0.15, 0.2) is 97.1 Å². The van der Waals surface area contributed by atoms with Gasteiger partial charge >= 0.3 is 0 Å². The van der Waals surface area contributed by atoms with E-state index in [4.69, 9.17) is 19.9 Å². The molecule has 0 fully saturated rings. The van der Waals surface area contributed by atoms with Crippen molar-refractivity contribution in [2.45, 2.75) is 122 Å². The van der Waals surface area contributed by atoms with Crippen molar-refractivity contribution < 1.29 is 18.8 Å². The second-order valence-corrected chi connectivity index (χ2v) is 17.0. The lowest BCUT2D eigenvalue weighted by molar-refractivity contribution is -0.724. The number of nitrogens with zero attached hydrogens (tertiary/aromatic N) is 6. The van der Waals surface area contributed by atoms with E-state index in [1.807, 2.05) is 0 Å². The molecular weight excluding hydrogens is 729 g/mol. The lowest BCUT2D eigenvalue weighted by atomic mass is 9.70. The van der Waals surface area contributed by atoms with Crippen molar-refractivity contribution in [3.63, 3.8) is 0 Å². The molecule has 59 heavy (non-hydrogen) atoms. The Hall–Kier alpha value is -5.50. The quantitative estimate of drug-likeness (QED) is 0.0813. The predicted octanol–water partition coefficient (Wildman–Crippen LogP) is 10.5. The molecule has 10 rings (SSSR count). The zero-order valence-corrected chi connectivity index (χ0v) is 35.6. The summed E-state index contributed by atoms with van der Waals surface area (Å²) >= 11 is 0. The maximum Gasteiger partial charge on any atom is 0.198 e. The van der Waals surface area contributed by atoms with Gasteiger partial charge in [0.05, 0.1) is 24.6 Å². The van der Waals surface area contributed by atoms with E-state index < -0.39 is 0 Å². The van der Waals surface area contributed by atoms with Crippen LogP contribution in [0.1, 0.15) is 124 Å². The van der Waals surface area contributed by atoms with E-state index in [0.717, 1.165) is 44.7 Å². The van der Waals surface area contributed by atoms with Crippen molar-refractivity contribution in [2.75, 3.05) is 14.2 Å². The van der Waals surface area contributed by atoms with Gasteiger partial charge in [0, 0.05) is 16.5 Å². The summed E-state index contributed by atoms with van der Waals surface area (Å²) in [7, 11) is 3.49. The van der Waals surface area contributed by atoms with Gasteiger partial charge in [-0.25, -0.2) is 0 Å². The van der Waals surface area contributed by atoms with Gasteiger partial charge in [-0.05, 0) is 82.6 Å². The summed E-state index contributed by atoms with van der Waals surface area (Å²) in [4.78, 5) is 0. The van der Waals surface area contributed by atoms with Gasteiger partial charge in [0.15, 0.2) is 22.1 Å². The molecule has 10 bridgehead atoms. The summed E-state index contributed by atoms with van der Waals surface area (Å²) in [6.45, 7) is 7.09. The van der Waals surface area contributed by atoms with Crippen LogP contribution in [0.25, 0.3) is 33.2 Å². The van der Waals surface area contributed by atoms with Crippen molar-refractivity contribution in [3.8, 4) is 22.6 Å². The highest BCUT2D eigenvalue weighted by atomic mass is 16.5. The number of ether oxygens (including phenoxy) is 2. The SMILES string of the molecule is CCCCCCCC1(CCCCCCC)c2cc3ccc2-c2ccc(cc21)C[n+]1nn(c2ccccc21)Cc1cc(OC)c(cc1OC)Cn1n[n+](c2ccccc21)C3. The third-order valence-electron chi connectivity index (χ3n) is 13.2. The summed E-state index contributed by atoms with van der Waals surface area (Å²) in [6.07, 6.45) is 15.2. The first-order valence-electron chi connectivity index (χ1n) is 22.3. The van der Waals surface area contributed by atoms with Crippen molar-refractivity contribution >= 4 is 22.1 Å². The molecule has 0 spiro atoms. The molecule has 2 aliphatic heterocycles. The largest absolute Gasteiger partial charge is 0.496 e. The zero-order chi connectivity index (χ0) is 40.3. The minimum absolute atomic E-state index is 0.0387. The first-order chi connectivity index (χ1) is 29.0. The number of methoxy groups -OCH3 is 2. The van der Waals surface area contributed by atoms with Crippen LogP contribution in [-0.4, -0.2) is 34.0 Å². The minimum atomic E-state index is -0.0387. The fourth-order valence-corrected chi connectivity index (χ4v) is 10.2. The number of aromatic nitrogens is 6. The van der Waals surface area contributed by atoms with Gasteiger partial charge < -0.3 is 9.47 Å². The summed E-state index contributed by atoms with van der Waals surface area (Å²) in [5.74, 6) is 1.61. The molecule has 2 aromatic heterocycles. The van der Waals surface area contributed by atoms with E-state index in [1.165, 1.54) is 110 Å². The van der Waals surface area contributed by atoms with Crippen molar-refractivity contribution in [1.82, 2.24) is 19.8 Å². The van der Waals surface area contributed by atoms with Crippen LogP contribution in [-0.2, 0) is 31.6 Å². The van der Waals surface area contributed by atoms with Gasteiger partial charge in [-0.15, -0.1) is 18.7 Å². The van der Waals surface area contributed by atoms with Crippen LogP contribution >= 0.6 is 0 Å². The molecule has 4 heterocycles. The fraction of sp³-hybridized carbons (Fsp3) is 0.412. The lowest BCUT2D eigenvalue weighted by Crippen LogP contribution is -2.38. The van der Waals surface area contributed by atoms with Gasteiger partial charge in [-0.1, -0.05) is 139 Å². The van der Waals surface area contributed by atoms with E-state index in [2.05, 4.69) is 130 Å². The maximum atomic E-state index is 6.08. The topological polar surface area (TPSA) is 61.9 Å². The van der Waals surface area contributed by atoms with E-state index in [0.29, 0.717) is 26.2 Å². The average molecular weight is 789 g/mol. The molecule has 304 valence electrons. The van der Waals surface area contributed by atoms with E-state index >= 15 is 0 Å². The summed E-state index contributed by atoms with van der Waals surface area (Å²) in [5.41, 5.74) is 14.8. The smallest absolute Gasteiger partial charge is 0.198 e. The first kappa shape index (κ1) is 39.0. The molecule has 0 unspecified atom stereocenters. The molecule has 3 aliphatic rings. The molecular formula is C51H60N6O2+2. The van der Waals surface area contributed by atoms with E-state index in [-0.39, 0.29) is 5.41 Å². The Balaban J connectivity index is 1.24. The number of unbranched alkanes of at least 4 members (excludes halogenated alkanes) is 8. The number of hydrogen-bond acceptors (Lipinski definition) is 4. The Morgan fingerprint density at radius 1 is 0.542 bits per heavy atom. The predicted molar refractivity (Wildman–Crippen MR) is 235 cm³/mol. The number of hydrogen-bond donors (Lipinski definition) is 0. The molecule has 0 atom stereocenters. The van der Waals surface area contributed by atoms with Crippen LogP contribution in [0.5, 0.6) is 11.5 Å². The third-order valence-corrected chi connectivity index (χ3v) is 13.2. The van der Waals surface area contributed by atoms with Crippen LogP contribution in [0.3, 0.4) is 0 Å². The molecule has 8 heteroatoms. The molecule has 0 radical (unpaired) electrons. The number of fused-ring (bicyclic) bond motifs is 5. The van der Waals surface area contributed by atoms with Crippen molar-refractivity contribution in [1.29, 1.82) is 0 Å². The van der Waals surface area contributed by atoms with Gasteiger partial charge in [0.25, 0.3) is 0 Å². The van der Waals surface area contributed by atoms with Gasteiger partial charge in [0.1, 0.15) is 37.7 Å². The molecule has 1 aliphatic carbocycles. The molecule has 5 aromatic carbocycles. The van der Waals surface area contributed by atoms with Crippen LogP contribution < -0.4 is 18.8 Å². The first-order valence-corrected chi connectivity index (χ1v) is 22.3. The highest BCUT2D eigenvalue weighted by Crippen LogP contribution is 2.55. The Bertz CT molecular complexity index is 2420. The minimum Gasteiger partial charge on any atom is -0.496 e. The zero-order valence-electron chi connectivity index (χ0n) is 35.6. The Kier molecular flexibility index (Phi) is 11.2. The maximum absolute atomic E-state index is 6.08. The third kappa shape index (κ3) is 7.40. The molecule has 7 aromatic rings. The number of benzene rings is 5. The average Bonchev–Trinajstić information content (AvgIpc) is 3.87. The second kappa shape index (κ2) is 17.0. The molecule has 0 amide bonds. The Morgan fingerprint density at radius 2 is 0.983 bits per heavy atom. The summed E-state index contributed by atoms with van der Waals surface area (Å²) < 4.78 is 20.8. The Labute approximate surface area is 349 Å². The van der Waals surface area contributed by atoms with Crippen molar-refractivity contribution in [3.05, 3.63) is 130 Å². The lowest BCUT2D eigenvalue weighted by Gasteiger charge is -2.33. The molecule has 8 nitrogen and oxygen atoms in total. The van der Waals surface area contributed by atoms with Crippen molar-refractivity contribution in [2.24, 2.45) is 0 Å². The summed E-state index contributed by atoms with van der Waals surface area (Å²) in [6, 6.07) is 36.1.